The highest BCUT2D eigenvalue weighted by atomic mass is 19.1. The molecular weight excluding hydrogens is 369 g/mol. The zero-order valence-corrected chi connectivity index (χ0v) is 16.3. The summed E-state index contributed by atoms with van der Waals surface area (Å²) in [6.07, 6.45) is 8.40. The van der Waals surface area contributed by atoms with Crippen molar-refractivity contribution in [2.24, 2.45) is 5.92 Å². The summed E-state index contributed by atoms with van der Waals surface area (Å²) in [7, 11) is 0. The Morgan fingerprint density at radius 3 is 2.76 bits per heavy atom. The molecule has 1 N–H and O–H groups in total. The van der Waals surface area contributed by atoms with Crippen LogP contribution in [0.1, 0.15) is 29.7 Å². The minimum Gasteiger partial charge on any atom is -0.342 e. The lowest BCUT2D eigenvalue weighted by Gasteiger charge is -2.20. The molecule has 3 aromatic rings. The van der Waals surface area contributed by atoms with Gasteiger partial charge in [0.2, 0.25) is 5.91 Å². The molecule has 1 aliphatic carbocycles. The summed E-state index contributed by atoms with van der Waals surface area (Å²) in [5, 5.41) is 12.2. The van der Waals surface area contributed by atoms with Crippen LogP contribution in [0.15, 0.2) is 36.7 Å². The van der Waals surface area contributed by atoms with E-state index in [0.717, 1.165) is 47.8 Å². The van der Waals surface area contributed by atoms with Crippen molar-refractivity contribution in [3.05, 3.63) is 59.3 Å². The van der Waals surface area contributed by atoms with Gasteiger partial charge in [0.1, 0.15) is 5.82 Å². The molecule has 150 valence electrons. The topological polar surface area (TPSA) is 66.8 Å². The first-order chi connectivity index (χ1) is 14.2. The highest BCUT2D eigenvalue weighted by Gasteiger charge is 2.25. The molecular formula is C22H24FN5O. The molecule has 1 amide bonds. The van der Waals surface area contributed by atoms with Gasteiger partial charge in [-0.25, -0.2) is 4.39 Å². The summed E-state index contributed by atoms with van der Waals surface area (Å²) < 4.78 is 15.1. The molecule has 3 heterocycles. The van der Waals surface area contributed by atoms with Gasteiger partial charge in [0.25, 0.3) is 0 Å². The van der Waals surface area contributed by atoms with E-state index in [1.54, 1.807) is 12.1 Å². The molecule has 0 unspecified atom stereocenters. The van der Waals surface area contributed by atoms with E-state index < -0.39 is 0 Å². The van der Waals surface area contributed by atoms with Gasteiger partial charge in [-0.2, -0.15) is 10.2 Å². The maximum absolute atomic E-state index is 13.1. The third kappa shape index (κ3) is 3.95. The van der Waals surface area contributed by atoms with Crippen molar-refractivity contribution in [1.29, 1.82) is 0 Å². The molecule has 1 saturated carbocycles. The lowest BCUT2D eigenvalue weighted by molar-refractivity contribution is -0.130. The Morgan fingerprint density at radius 2 is 1.97 bits per heavy atom. The number of aromatic amines is 1. The van der Waals surface area contributed by atoms with Gasteiger partial charge in [0.15, 0.2) is 0 Å². The SMILES string of the molecule is O=C(Cc1ccc(F)cc1)N1CCc2[nH]nc(-c3cnn(CC4CC4)c3)c2CC1. The maximum Gasteiger partial charge on any atom is 0.227 e. The second-order valence-electron chi connectivity index (χ2n) is 8.11. The Bertz CT molecular complexity index is 1020. The maximum atomic E-state index is 13.1. The standard InChI is InChI=1S/C22H24FN5O/c23-18-5-3-15(4-6-18)11-21(29)27-9-7-19-20(8-10-27)25-26-22(19)17-12-24-28(14-17)13-16-1-2-16/h3-6,12,14,16H,1-2,7-11,13H2,(H,25,26). The highest BCUT2D eigenvalue weighted by Crippen LogP contribution is 2.31. The van der Waals surface area contributed by atoms with E-state index in [1.807, 2.05) is 15.8 Å². The molecule has 0 saturated heterocycles. The largest absolute Gasteiger partial charge is 0.342 e. The Kier molecular flexibility index (Phi) is 4.66. The van der Waals surface area contributed by atoms with Gasteiger partial charge >= 0.3 is 0 Å². The van der Waals surface area contributed by atoms with Crippen LogP contribution in [0.2, 0.25) is 0 Å². The van der Waals surface area contributed by atoms with Gasteiger partial charge in [-0.3, -0.25) is 14.6 Å². The molecule has 1 aliphatic heterocycles. The van der Waals surface area contributed by atoms with Crippen LogP contribution in [0.5, 0.6) is 0 Å². The number of rotatable bonds is 5. The van der Waals surface area contributed by atoms with Crippen LogP contribution in [0.3, 0.4) is 0 Å². The van der Waals surface area contributed by atoms with Crippen molar-refractivity contribution in [3.63, 3.8) is 0 Å². The minimum atomic E-state index is -0.282. The number of aromatic nitrogens is 4. The highest BCUT2D eigenvalue weighted by molar-refractivity contribution is 5.79. The molecule has 1 aromatic carbocycles. The molecule has 2 aromatic heterocycles. The Hall–Kier alpha value is -2.96. The summed E-state index contributed by atoms with van der Waals surface area (Å²) in [5.74, 6) is 0.572. The summed E-state index contributed by atoms with van der Waals surface area (Å²) in [5.41, 5.74) is 5.12. The van der Waals surface area contributed by atoms with E-state index in [9.17, 15) is 9.18 Å². The predicted octanol–water partition coefficient (Wildman–Crippen LogP) is 2.99. The van der Waals surface area contributed by atoms with E-state index in [2.05, 4.69) is 21.5 Å². The van der Waals surface area contributed by atoms with Crippen LogP contribution in [0, 0.1) is 11.7 Å². The number of amides is 1. The number of carbonyl (C=O) groups excluding carboxylic acids is 1. The third-order valence-electron chi connectivity index (χ3n) is 5.89. The molecule has 2 aliphatic rings. The number of carbonyl (C=O) groups is 1. The molecule has 0 atom stereocenters. The number of halogens is 1. The first kappa shape index (κ1) is 18.1. The average molecular weight is 393 g/mol. The fourth-order valence-corrected chi connectivity index (χ4v) is 4.01. The van der Waals surface area contributed by atoms with E-state index in [4.69, 9.17) is 0 Å². The van der Waals surface area contributed by atoms with Crippen molar-refractivity contribution in [2.75, 3.05) is 13.1 Å². The van der Waals surface area contributed by atoms with E-state index in [-0.39, 0.29) is 11.7 Å². The van der Waals surface area contributed by atoms with Gasteiger partial charge < -0.3 is 4.90 Å². The van der Waals surface area contributed by atoms with Crippen LogP contribution in [0.4, 0.5) is 4.39 Å². The van der Waals surface area contributed by atoms with Crippen molar-refractivity contribution in [2.45, 2.75) is 38.6 Å². The van der Waals surface area contributed by atoms with Crippen molar-refractivity contribution >= 4 is 5.91 Å². The summed E-state index contributed by atoms with van der Waals surface area (Å²) in [6.45, 7) is 2.31. The first-order valence-corrected chi connectivity index (χ1v) is 10.3. The predicted molar refractivity (Wildman–Crippen MR) is 107 cm³/mol. The number of fused-ring (bicyclic) bond motifs is 1. The summed E-state index contributed by atoms with van der Waals surface area (Å²) >= 11 is 0. The van der Waals surface area contributed by atoms with Gasteiger partial charge in [0, 0.05) is 49.1 Å². The van der Waals surface area contributed by atoms with Gasteiger partial charge in [0.05, 0.1) is 18.3 Å². The minimum absolute atomic E-state index is 0.0773. The lowest BCUT2D eigenvalue weighted by Crippen LogP contribution is -2.34. The Labute approximate surface area is 168 Å². The molecule has 0 spiro atoms. The molecule has 5 rings (SSSR count). The van der Waals surface area contributed by atoms with Crippen molar-refractivity contribution in [1.82, 2.24) is 24.9 Å². The fraction of sp³-hybridized carbons (Fsp3) is 0.409. The summed E-state index contributed by atoms with van der Waals surface area (Å²) in [6, 6.07) is 6.15. The summed E-state index contributed by atoms with van der Waals surface area (Å²) in [4.78, 5) is 14.6. The van der Waals surface area contributed by atoms with Crippen LogP contribution in [0.25, 0.3) is 11.3 Å². The van der Waals surface area contributed by atoms with Gasteiger partial charge in [-0.05, 0) is 42.9 Å². The van der Waals surface area contributed by atoms with E-state index >= 15 is 0 Å². The number of benzene rings is 1. The second-order valence-corrected chi connectivity index (χ2v) is 8.11. The quantitative estimate of drug-likeness (QED) is 0.725. The average Bonchev–Trinajstić information content (AvgIpc) is 3.33. The van der Waals surface area contributed by atoms with E-state index in [0.29, 0.717) is 19.5 Å². The normalized spacial score (nSPS) is 16.5. The first-order valence-electron chi connectivity index (χ1n) is 10.3. The molecule has 7 heteroatoms. The zero-order chi connectivity index (χ0) is 19.8. The number of hydrogen-bond acceptors (Lipinski definition) is 3. The van der Waals surface area contributed by atoms with Gasteiger partial charge in [-0.15, -0.1) is 0 Å². The smallest absolute Gasteiger partial charge is 0.227 e. The monoisotopic (exact) mass is 393 g/mol. The molecule has 0 radical (unpaired) electrons. The van der Waals surface area contributed by atoms with Crippen LogP contribution in [-0.2, 0) is 30.6 Å². The number of nitrogens with one attached hydrogen (secondary N) is 1. The van der Waals surface area contributed by atoms with Crippen LogP contribution < -0.4 is 0 Å². The molecule has 0 bridgehead atoms. The molecule has 6 nitrogen and oxygen atoms in total. The van der Waals surface area contributed by atoms with Crippen molar-refractivity contribution < 1.29 is 9.18 Å². The Morgan fingerprint density at radius 1 is 1.17 bits per heavy atom. The lowest BCUT2D eigenvalue weighted by atomic mass is 10.1. The van der Waals surface area contributed by atoms with E-state index in [1.165, 1.54) is 30.5 Å². The second kappa shape index (κ2) is 7.46. The third-order valence-corrected chi connectivity index (χ3v) is 5.89. The van der Waals surface area contributed by atoms with Crippen LogP contribution >= 0.6 is 0 Å². The van der Waals surface area contributed by atoms with Crippen molar-refractivity contribution in [3.8, 4) is 11.3 Å². The fourth-order valence-electron chi connectivity index (χ4n) is 4.01. The zero-order valence-electron chi connectivity index (χ0n) is 16.3. The Balaban J connectivity index is 1.27. The van der Waals surface area contributed by atoms with Gasteiger partial charge in [-0.1, -0.05) is 12.1 Å². The molecule has 29 heavy (non-hydrogen) atoms. The number of nitrogens with zero attached hydrogens (tertiary/aromatic N) is 4. The number of H-pyrrole nitrogens is 1. The van der Waals surface area contributed by atoms with Crippen LogP contribution in [-0.4, -0.2) is 43.9 Å². The number of hydrogen-bond donors (Lipinski definition) is 1. The molecule has 1 fully saturated rings.